The van der Waals surface area contributed by atoms with Crippen molar-refractivity contribution in [3.8, 4) is 0 Å². The molecule has 1 aromatic carbocycles. The summed E-state index contributed by atoms with van der Waals surface area (Å²) in [5, 5.41) is 0. The monoisotopic (exact) mass is 296 g/mol. The maximum absolute atomic E-state index is 11.6. The number of ether oxygens (including phenoxy) is 1. The Balaban J connectivity index is -0.000000750. The van der Waals surface area contributed by atoms with Gasteiger partial charge in [-0.1, -0.05) is 17.7 Å². The molecule has 1 aromatic rings. The number of hydrogen-bond acceptors (Lipinski definition) is 3. The fourth-order valence-corrected chi connectivity index (χ4v) is 1.75. The summed E-state index contributed by atoms with van der Waals surface area (Å²) in [5.41, 5.74) is 2.53. The fraction of sp³-hybridized carbons (Fsp3) is 0.273. The van der Waals surface area contributed by atoms with E-state index < -0.39 is 11.7 Å². The molecule has 0 amide bonds. The van der Waals surface area contributed by atoms with Gasteiger partial charge in [-0.3, -0.25) is 0 Å². The third-order valence-corrected chi connectivity index (χ3v) is 2.19. The molecule has 0 N–H and O–H groups in total. The Morgan fingerprint density at radius 3 is 1.72 bits per heavy atom. The molecule has 7 heteroatoms. The Labute approximate surface area is 176 Å². The second kappa shape index (κ2) is 11.4. The van der Waals surface area contributed by atoms with Gasteiger partial charge in [-0.15, -0.1) is 0 Å². The molecule has 0 saturated heterocycles. The van der Waals surface area contributed by atoms with Gasteiger partial charge in [0.25, 0.3) is 0 Å². The molecule has 0 aliphatic rings. The number of carbonyl (C=O) groups excluding carboxylic acids is 2. The Hall–Kier alpha value is 1.79. The van der Waals surface area contributed by atoms with Gasteiger partial charge in [0.15, 0.2) is 0 Å². The van der Waals surface area contributed by atoms with Crippen LogP contribution < -0.4 is 0 Å². The molecule has 1 unspecified atom stereocenters. The molecule has 0 bridgehead atoms. The van der Waals surface area contributed by atoms with Crippen LogP contribution in [0.25, 0.3) is 0 Å². The standard InChI is InChI=1S/C11H13O3P.3Na.3H/c1-6-4-7(2)9(8(3)5-6)10(12)14-11(13)15;;;;;;/h4-5H,15H2,1-3H3;;;;;;. The van der Waals surface area contributed by atoms with E-state index >= 15 is 0 Å². The molecule has 0 saturated carbocycles. The summed E-state index contributed by atoms with van der Waals surface area (Å²) in [7, 11) is 1.81. The van der Waals surface area contributed by atoms with Crippen molar-refractivity contribution < 1.29 is 14.3 Å². The summed E-state index contributed by atoms with van der Waals surface area (Å²) in [4.78, 5) is 22.2. The van der Waals surface area contributed by atoms with Crippen molar-refractivity contribution >= 4 is 110 Å². The summed E-state index contributed by atoms with van der Waals surface area (Å²) < 4.78 is 4.52. The van der Waals surface area contributed by atoms with Gasteiger partial charge in [0, 0.05) is 0 Å². The third-order valence-electron chi connectivity index (χ3n) is 2.07. The van der Waals surface area contributed by atoms with Gasteiger partial charge in [-0.05, 0) is 41.1 Å². The second-order valence-corrected chi connectivity index (χ2v) is 3.95. The van der Waals surface area contributed by atoms with Crippen molar-refractivity contribution in [2.75, 3.05) is 0 Å². The molecule has 0 aliphatic carbocycles. The summed E-state index contributed by atoms with van der Waals surface area (Å²) in [6.45, 7) is 5.60. The summed E-state index contributed by atoms with van der Waals surface area (Å²) in [6.07, 6.45) is 0. The van der Waals surface area contributed by atoms with Crippen LogP contribution in [0.1, 0.15) is 27.0 Å². The van der Waals surface area contributed by atoms with Crippen molar-refractivity contribution in [3.63, 3.8) is 0 Å². The van der Waals surface area contributed by atoms with Crippen LogP contribution in [-0.2, 0) is 4.74 Å². The predicted molar refractivity (Wildman–Crippen MR) is 82.6 cm³/mol. The first kappa shape index (κ1) is 24.8. The second-order valence-electron chi connectivity index (χ2n) is 3.48. The number of rotatable bonds is 1. The molecular formula is C11H16Na3O3P. The molecule has 86 valence electrons. The Bertz CT molecular complexity index is 413. The molecule has 1 rings (SSSR count). The maximum atomic E-state index is 11.6. The van der Waals surface area contributed by atoms with Crippen LogP contribution >= 0.6 is 9.24 Å². The predicted octanol–water partition coefficient (Wildman–Crippen LogP) is 0.818. The van der Waals surface area contributed by atoms with Crippen molar-refractivity contribution in [3.05, 3.63) is 34.4 Å². The van der Waals surface area contributed by atoms with E-state index in [1.165, 1.54) is 0 Å². The van der Waals surface area contributed by atoms with E-state index in [-0.39, 0.29) is 88.7 Å². The zero-order valence-electron chi connectivity index (χ0n) is 8.96. The Kier molecular flexibility index (Phi) is 15.8. The van der Waals surface area contributed by atoms with Crippen molar-refractivity contribution in [1.82, 2.24) is 0 Å². The summed E-state index contributed by atoms with van der Waals surface area (Å²) in [5.74, 6) is -0.593. The first-order chi connectivity index (χ1) is 6.91. The van der Waals surface area contributed by atoms with Crippen molar-refractivity contribution in [1.29, 1.82) is 0 Å². The van der Waals surface area contributed by atoms with Gasteiger partial charge < -0.3 is 4.74 Å². The molecule has 0 aromatic heterocycles. The molecule has 0 spiro atoms. The van der Waals surface area contributed by atoms with Gasteiger partial charge in [-0.25, -0.2) is 9.59 Å². The molecule has 0 aliphatic heterocycles. The number of benzene rings is 1. The molecule has 0 fully saturated rings. The van der Waals surface area contributed by atoms with Crippen LogP contribution in [0.4, 0.5) is 4.79 Å². The van der Waals surface area contributed by atoms with Crippen molar-refractivity contribution in [2.45, 2.75) is 20.8 Å². The van der Waals surface area contributed by atoms with E-state index in [0.29, 0.717) is 5.56 Å². The molecule has 0 radical (unpaired) electrons. The average Bonchev–Trinajstić information content (AvgIpc) is 1.99. The van der Waals surface area contributed by atoms with Crippen LogP contribution in [0.15, 0.2) is 12.1 Å². The van der Waals surface area contributed by atoms with Gasteiger partial charge in [0.1, 0.15) is 0 Å². The van der Waals surface area contributed by atoms with E-state index in [1.54, 1.807) is 0 Å². The van der Waals surface area contributed by atoms with Crippen LogP contribution in [0.5, 0.6) is 0 Å². The van der Waals surface area contributed by atoms with E-state index in [0.717, 1.165) is 16.7 Å². The first-order valence-corrected chi connectivity index (χ1v) is 5.09. The molecule has 1 atom stereocenters. The van der Waals surface area contributed by atoms with Crippen molar-refractivity contribution in [2.24, 2.45) is 0 Å². The van der Waals surface area contributed by atoms with E-state index in [2.05, 4.69) is 4.74 Å². The van der Waals surface area contributed by atoms with E-state index in [9.17, 15) is 9.59 Å². The minimum absolute atomic E-state index is 0. The van der Waals surface area contributed by atoms with Gasteiger partial charge in [0.2, 0.25) is 0 Å². The van der Waals surface area contributed by atoms with Crippen LogP contribution in [0, 0.1) is 20.8 Å². The number of carbonyl (C=O) groups is 2. The third kappa shape index (κ3) is 7.54. The topological polar surface area (TPSA) is 43.4 Å². The molecule has 3 nitrogen and oxygen atoms in total. The SMILES string of the molecule is Cc1cc(C)c(C(=O)OC(=O)P)c(C)c1.[NaH].[NaH].[NaH]. The average molecular weight is 296 g/mol. The fourth-order valence-electron chi connectivity index (χ4n) is 1.64. The number of esters is 1. The zero-order valence-corrected chi connectivity index (χ0v) is 10.1. The zero-order chi connectivity index (χ0) is 11.6. The molecular weight excluding hydrogens is 280 g/mol. The van der Waals surface area contributed by atoms with Gasteiger partial charge in [-0.2, -0.15) is 0 Å². The van der Waals surface area contributed by atoms with Crippen LogP contribution in [0.3, 0.4) is 0 Å². The number of hydrogen-bond donors (Lipinski definition) is 0. The quantitative estimate of drug-likeness (QED) is 0.333. The van der Waals surface area contributed by atoms with Crippen LogP contribution in [0.2, 0.25) is 0 Å². The normalized spacial score (nSPS) is 8.22. The van der Waals surface area contributed by atoms with Crippen LogP contribution in [-0.4, -0.2) is 100 Å². The van der Waals surface area contributed by atoms with Gasteiger partial charge >= 0.3 is 100 Å². The minimum atomic E-state index is -0.667. The molecule has 18 heavy (non-hydrogen) atoms. The summed E-state index contributed by atoms with van der Waals surface area (Å²) >= 11 is 0. The first-order valence-electron chi connectivity index (χ1n) is 4.51. The molecule has 0 heterocycles. The number of aryl methyl sites for hydroxylation is 3. The van der Waals surface area contributed by atoms with E-state index in [1.807, 2.05) is 42.1 Å². The van der Waals surface area contributed by atoms with E-state index in [4.69, 9.17) is 0 Å². The Morgan fingerprint density at radius 1 is 1.00 bits per heavy atom. The van der Waals surface area contributed by atoms with Gasteiger partial charge in [0.05, 0.1) is 5.56 Å². The summed E-state index contributed by atoms with van der Waals surface area (Å²) in [6, 6.07) is 3.77. The Morgan fingerprint density at radius 2 is 1.39 bits per heavy atom.